The zero-order valence-electron chi connectivity index (χ0n) is 12.4. The van der Waals surface area contributed by atoms with E-state index in [0.29, 0.717) is 12.8 Å². The molecule has 1 aliphatic rings. The second-order valence-electron chi connectivity index (χ2n) is 5.16. The van der Waals surface area contributed by atoms with Crippen LogP contribution >= 0.6 is 11.3 Å². The lowest BCUT2D eigenvalue weighted by Gasteiger charge is -2.35. The molecule has 0 radical (unpaired) electrons. The van der Waals surface area contributed by atoms with Crippen LogP contribution in [0.5, 0.6) is 0 Å². The van der Waals surface area contributed by atoms with Crippen molar-refractivity contribution >= 4 is 17.2 Å². The third kappa shape index (κ3) is 3.19. The van der Waals surface area contributed by atoms with Gasteiger partial charge >= 0.3 is 0 Å². The first kappa shape index (κ1) is 15.4. The van der Waals surface area contributed by atoms with Crippen LogP contribution in [-0.4, -0.2) is 36.7 Å². The van der Waals surface area contributed by atoms with Gasteiger partial charge < -0.3 is 15.4 Å². The lowest BCUT2D eigenvalue weighted by molar-refractivity contribution is -0.147. The highest BCUT2D eigenvalue weighted by Gasteiger charge is 2.40. The second-order valence-corrected chi connectivity index (χ2v) is 6.11. The molecule has 2 heterocycles. The molecule has 6 heteroatoms. The zero-order valence-corrected chi connectivity index (χ0v) is 13.2. The molecule has 1 aliphatic heterocycles. The summed E-state index contributed by atoms with van der Waals surface area (Å²) in [5.74, 6) is -0.0277. The third-order valence-corrected chi connectivity index (χ3v) is 4.89. The van der Waals surface area contributed by atoms with E-state index in [0.717, 1.165) is 30.2 Å². The molecule has 2 N–H and O–H groups in total. The second kappa shape index (κ2) is 6.65. The summed E-state index contributed by atoms with van der Waals surface area (Å²) in [6, 6.07) is -0.0824. The van der Waals surface area contributed by atoms with Crippen molar-refractivity contribution in [3.63, 3.8) is 0 Å². The molecule has 0 bridgehead atoms. The van der Waals surface area contributed by atoms with Gasteiger partial charge in [0.05, 0.1) is 16.7 Å². The van der Waals surface area contributed by atoms with Gasteiger partial charge in [0.2, 0.25) is 0 Å². The van der Waals surface area contributed by atoms with Crippen LogP contribution in [0, 0.1) is 0 Å². The lowest BCUT2D eigenvalue weighted by atomic mass is 9.91. The number of nitrogens with zero attached hydrogens (tertiary/aromatic N) is 1. The van der Waals surface area contributed by atoms with Crippen molar-refractivity contribution in [2.75, 3.05) is 20.2 Å². The molecule has 20 heavy (non-hydrogen) atoms. The Balaban J connectivity index is 2.02. The van der Waals surface area contributed by atoms with E-state index in [-0.39, 0.29) is 11.9 Å². The summed E-state index contributed by atoms with van der Waals surface area (Å²) < 4.78 is 5.53. The number of aromatic nitrogens is 1. The normalized spacial score (nSPS) is 19.6. The van der Waals surface area contributed by atoms with Gasteiger partial charge in [0.15, 0.2) is 0 Å². The van der Waals surface area contributed by atoms with E-state index < -0.39 is 5.60 Å². The topological polar surface area (TPSA) is 63.2 Å². The molecule has 1 unspecified atom stereocenters. The van der Waals surface area contributed by atoms with Gasteiger partial charge in [0.25, 0.3) is 5.91 Å². The molecule has 2 rings (SSSR count). The molecule has 5 nitrogen and oxygen atoms in total. The molecule has 112 valence electrons. The summed E-state index contributed by atoms with van der Waals surface area (Å²) in [6.45, 7) is 5.68. The maximum absolute atomic E-state index is 12.5. The minimum atomic E-state index is -0.691. The number of carbonyl (C=O) groups excluding carboxylic acids is 1. The summed E-state index contributed by atoms with van der Waals surface area (Å²) in [5.41, 5.74) is 0.240. The minimum absolute atomic E-state index is 0.0277. The lowest BCUT2D eigenvalue weighted by Crippen LogP contribution is -2.54. The van der Waals surface area contributed by atoms with Gasteiger partial charge in [0, 0.05) is 12.5 Å². The molecular formula is C14H23N3O2S. The van der Waals surface area contributed by atoms with Crippen molar-refractivity contribution in [3.05, 3.63) is 16.1 Å². The average Bonchev–Trinajstić information content (AvgIpc) is 2.97. The van der Waals surface area contributed by atoms with Crippen molar-refractivity contribution in [3.8, 4) is 0 Å². The minimum Gasteiger partial charge on any atom is -0.368 e. The SMILES string of the molecule is CCc1nc(C(C)NC(=O)C2(OC)CCNCC2)cs1. The Kier molecular flexibility index (Phi) is 5.12. The number of thiazole rings is 1. The van der Waals surface area contributed by atoms with Crippen LogP contribution in [0.3, 0.4) is 0 Å². The van der Waals surface area contributed by atoms with Crippen LogP contribution in [0.1, 0.15) is 43.4 Å². The summed E-state index contributed by atoms with van der Waals surface area (Å²) in [7, 11) is 1.62. The highest BCUT2D eigenvalue weighted by atomic mass is 32.1. The van der Waals surface area contributed by atoms with Crippen molar-refractivity contribution in [1.82, 2.24) is 15.6 Å². The Hall–Kier alpha value is -0.980. The molecule has 0 aliphatic carbocycles. The number of nitrogens with one attached hydrogen (secondary N) is 2. The average molecular weight is 297 g/mol. The molecule has 0 spiro atoms. The smallest absolute Gasteiger partial charge is 0.252 e. The van der Waals surface area contributed by atoms with E-state index in [1.54, 1.807) is 18.4 Å². The summed E-state index contributed by atoms with van der Waals surface area (Å²) >= 11 is 1.64. The molecule has 1 atom stereocenters. The number of piperidine rings is 1. The molecule has 0 aromatic carbocycles. The van der Waals surface area contributed by atoms with Crippen LogP contribution in [0.2, 0.25) is 0 Å². The fraction of sp³-hybridized carbons (Fsp3) is 0.714. The summed E-state index contributed by atoms with van der Waals surface area (Å²) in [4.78, 5) is 17.0. The number of amides is 1. The summed E-state index contributed by atoms with van der Waals surface area (Å²) in [5, 5.41) is 9.42. The van der Waals surface area contributed by atoms with Gasteiger partial charge in [-0.05, 0) is 39.3 Å². The van der Waals surface area contributed by atoms with Gasteiger partial charge in [-0.1, -0.05) is 6.92 Å². The number of ether oxygens (including phenoxy) is 1. The predicted molar refractivity (Wildman–Crippen MR) is 79.9 cm³/mol. The van der Waals surface area contributed by atoms with E-state index >= 15 is 0 Å². The number of rotatable bonds is 5. The molecule has 1 aromatic rings. The monoisotopic (exact) mass is 297 g/mol. The van der Waals surface area contributed by atoms with Crippen molar-refractivity contribution in [2.45, 2.75) is 44.8 Å². The molecule has 0 saturated carbocycles. The number of methoxy groups -OCH3 is 1. The third-order valence-electron chi connectivity index (χ3n) is 3.88. The van der Waals surface area contributed by atoms with Crippen LogP contribution in [0.4, 0.5) is 0 Å². The Bertz CT molecular complexity index is 455. The van der Waals surface area contributed by atoms with Crippen LogP contribution in [-0.2, 0) is 16.0 Å². The van der Waals surface area contributed by atoms with Crippen molar-refractivity contribution < 1.29 is 9.53 Å². The summed E-state index contributed by atoms with van der Waals surface area (Å²) in [6.07, 6.45) is 2.34. The van der Waals surface area contributed by atoms with Crippen LogP contribution in [0.25, 0.3) is 0 Å². The Morgan fingerprint density at radius 2 is 2.30 bits per heavy atom. The highest BCUT2D eigenvalue weighted by molar-refractivity contribution is 7.09. The molecule has 1 amide bonds. The number of carbonyl (C=O) groups is 1. The first-order valence-electron chi connectivity index (χ1n) is 7.12. The predicted octanol–water partition coefficient (Wildman–Crippen LogP) is 1.65. The fourth-order valence-corrected chi connectivity index (χ4v) is 3.28. The van der Waals surface area contributed by atoms with Gasteiger partial charge in [0.1, 0.15) is 5.60 Å². The van der Waals surface area contributed by atoms with Crippen molar-refractivity contribution in [1.29, 1.82) is 0 Å². The van der Waals surface area contributed by atoms with Gasteiger partial charge in [-0.3, -0.25) is 4.79 Å². The zero-order chi connectivity index (χ0) is 14.6. The quantitative estimate of drug-likeness (QED) is 0.867. The maximum atomic E-state index is 12.5. The number of hydrogen-bond donors (Lipinski definition) is 2. The maximum Gasteiger partial charge on any atom is 0.252 e. The Morgan fingerprint density at radius 1 is 1.60 bits per heavy atom. The van der Waals surface area contributed by atoms with Gasteiger partial charge in [-0.25, -0.2) is 4.98 Å². The van der Waals surface area contributed by atoms with E-state index in [1.807, 2.05) is 12.3 Å². The molecule has 1 aromatic heterocycles. The van der Waals surface area contributed by atoms with E-state index in [2.05, 4.69) is 22.5 Å². The molecule has 1 fully saturated rings. The van der Waals surface area contributed by atoms with E-state index in [1.165, 1.54) is 0 Å². The van der Waals surface area contributed by atoms with E-state index in [4.69, 9.17) is 4.74 Å². The Morgan fingerprint density at radius 3 is 2.85 bits per heavy atom. The molecule has 1 saturated heterocycles. The molecular weight excluding hydrogens is 274 g/mol. The Labute approximate surface area is 124 Å². The number of hydrogen-bond acceptors (Lipinski definition) is 5. The number of aryl methyl sites for hydroxylation is 1. The van der Waals surface area contributed by atoms with E-state index in [9.17, 15) is 4.79 Å². The largest absolute Gasteiger partial charge is 0.368 e. The first-order chi connectivity index (χ1) is 9.61. The van der Waals surface area contributed by atoms with Crippen molar-refractivity contribution in [2.24, 2.45) is 0 Å². The first-order valence-corrected chi connectivity index (χ1v) is 8.00. The van der Waals surface area contributed by atoms with Gasteiger partial charge in [-0.15, -0.1) is 11.3 Å². The van der Waals surface area contributed by atoms with Gasteiger partial charge in [-0.2, -0.15) is 0 Å². The van der Waals surface area contributed by atoms with Crippen LogP contribution in [0.15, 0.2) is 5.38 Å². The highest BCUT2D eigenvalue weighted by Crippen LogP contribution is 2.24. The van der Waals surface area contributed by atoms with Crippen LogP contribution < -0.4 is 10.6 Å². The standard InChI is InChI=1S/C14H23N3O2S/c1-4-12-17-11(9-20-12)10(2)16-13(18)14(19-3)5-7-15-8-6-14/h9-10,15H,4-8H2,1-3H3,(H,16,18). The fourth-order valence-electron chi connectivity index (χ4n) is 2.44.